The van der Waals surface area contributed by atoms with Gasteiger partial charge in [-0.3, -0.25) is 0 Å². The van der Waals surface area contributed by atoms with Gasteiger partial charge in [0.15, 0.2) is 0 Å². The minimum Gasteiger partial charge on any atom is -0.320 e. The van der Waals surface area contributed by atoms with Gasteiger partial charge in [-0.05, 0) is 36.8 Å². The number of hydrogen-bond acceptors (Lipinski definition) is 0. The van der Waals surface area contributed by atoms with Gasteiger partial charge in [0.2, 0.25) is 0 Å². The Kier molecular flexibility index (Phi) is 1.91. The van der Waals surface area contributed by atoms with Gasteiger partial charge >= 0.3 is 0 Å². The van der Waals surface area contributed by atoms with E-state index in [-0.39, 0.29) is 5.41 Å². The zero-order chi connectivity index (χ0) is 10.3. The quantitative estimate of drug-likeness (QED) is 0.594. The second-order valence-electron chi connectivity index (χ2n) is 4.97. The van der Waals surface area contributed by atoms with Gasteiger partial charge in [0, 0.05) is 22.8 Å². The number of nitrogens with zero attached hydrogens (tertiary/aromatic N) is 1. The zero-order valence-electron chi connectivity index (χ0n) is 9.33. The highest BCUT2D eigenvalue weighted by molar-refractivity contribution is 5.52. The highest BCUT2D eigenvalue weighted by Crippen LogP contribution is 2.24. The van der Waals surface area contributed by atoms with E-state index >= 15 is 0 Å². The Hall–Kier alpha value is -1.24. The molecule has 1 nitrogen and oxygen atoms in total. The first-order valence-corrected chi connectivity index (χ1v) is 5.07. The lowest BCUT2D eigenvalue weighted by molar-refractivity contribution is 0.564. The van der Waals surface area contributed by atoms with Crippen LogP contribution in [0.25, 0.3) is 5.52 Å². The maximum absolute atomic E-state index is 2.27. The minimum absolute atomic E-state index is 0.210. The molecule has 0 aliphatic carbocycles. The Bertz CT molecular complexity index is 458. The van der Waals surface area contributed by atoms with Crippen molar-refractivity contribution in [2.75, 3.05) is 0 Å². The molecule has 2 heterocycles. The summed E-state index contributed by atoms with van der Waals surface area (Å²) in [5, 5.41) is 0. The van der Waals surface area contributed by atoms with Crippen LogP contribution < -0.4 is 0 Å². The summed E-state index contributed by atoms with van der Waals surface area (Å²) in [5.41, 5.74) is 4.18. The van der Waals surface area contributed by atoms with E-state index in [1.54, 1.807) is 0 Å². The molecule has 14 heavy (non-hydrogen) atoms. The first-order valence-electron chi connectivity index (χ1n) is 5.07. The minimum atomic E-state index is 0.210. The predicted octanol–water partition coefficient (Wildman–Crippen LogP) is 3.55. The molecule has 0 aliphatic rings. The molecule has 0 amide bonds. The van der Waals surface area contributed by atoms with Crippen LogP contribution in [0.1, 0.15) is 32.0 Å². The molecule has 2 aromatic rings. The summed E-state index contributed by atoms with van der Waals surface area (Å²) in [5.74, 6) is 0. The number of pyridine rings is 1. The monoisotopic (exact) mass is 187 g/mol. The van der Waals surface area contributed by atoms with Crippen molar-refractivity contribution in [1.82, 2.24) is 4.40 Å². The standard InChI is InChI=1S/C13H17N/c1-10-7-8-14-11(9-10)5-6-12(14)13(2,3)4/h5-9H,1-4H3. The fraction of sp³-hybridized carbons (Fsp3) is 0.385. The molecular formula is C13H17N. The lowest BCUT2D eigenvalue weighted by Gasteiger charge is -2.18. The molecule has 0 fully saturated rings. The third kappa shape index (κ3) is 1.43. The van der Waals surface area contributed by atoms with Crippen LogP contribution in [0.15, 0.2) is 30.5 Å². The topological polar surface area (TPSA) is 4.41 Å². The normalized spacial score (nSPS) is 12.3. The van der Waals surface area contributed by atoms with Crippen molar-refractivity contribution in [3.8, 4) is 0 Å². The second-order valence-corrected chi connectivity index (χ2v) is 4.97. The van der Waals surface area contributed by atoms with Gasteiger partial charge in [0.1, 0.15) is 0 Å². The molecule has 2 rings (SSSR count). The third-order valence-corrected chi connectivity index (χ3v) is 2.58. The van der Waals surface area contributed by atoms with Crippen LogP contribution in [-0.2, 0) is 5.41 Å². The Labute approximate surface area is 85.4 Å². The molecule has 0 aliphatic heterocycles. The SMILES string of the molecule is Cc1ccn2c(C(C)(C)C)ccc2c1. The molecule has 1 heteroatoms. The first kappa shape index (κ1) is 9.32. The van der Waals surface area contributed by atoms with Crippen molar-refractivity contribution in [2.24, 2.45) is 0 Å². The van der Waals surface area contributed by atoms with Crippen LogP contribution in [0.3, 0.4) is 0 Å². The number of fused-ring (bicyclic) bond motifs is 1. The maximum Gasteiger partial charge on any atom is 0.0455 e. The maximum atomic E-state index is 2.27. The van der Waals surface area contributed by atoms with Gasteiger partial charge in [-0.1, -0.05) is 20.8 Å². The lowest BCUT2D eigenvalue weighted by atomic mass is 9.92. The third-order valence-electron chi connectivity index (χ3n) is 2.58. The van der Waals surface area contributed by atoms with E-state index in [1.807, 2.05) is 0 Å². The molecule has 0 aromatic carbocycles. The number of aromatic nitrogens is 1. The van der Waals surface area contributed by atoms with Gasteiger partial charge in [0.25, 0.3) is 0 Å². The smallest absolute Gasteiger partial charge is 0.0455 e. The average molecular weight is 187 g/mol. The Morgan fingerprint density at radius 3 is 2.43 bits per heavy atom. The van der Waals surface area contributed by atoms with Gasteiger partial charge in [-0.15, -0.1) is 0 Å². The van der Waals surface area contributed by atoms with Gasteiger partial charge < -0.3 is 4.40 Å². The number of aryl methyl sites for hydroxylation is 1. The molecule has 0 unspecified atom stereocenters. The van der Waals surface area contributed by atoms with E-state index < -0.39 is 0 Å². The summed E-state index contributed by atoms with van der Waals surface area (Å²) in [7, 11) is 0. The van der Waals surface area contributed by atoms with E-state index in [9.17, 15) is 0 Å². The van der Waals surface area contributed by atoms with E-state index in [1.165, 1.54) is 16.8 Å². The van der Waals surface area contributed by atoms with E-state index in [4.69, 9.17) is 0 Å². The van der Waals surface area contributed by atoms with Crippen LogP contribution >= 0.6 is 0 Å². The number of rotatable bonds is 0. The van der Waals surface area contributed by atoms with Crippen LogP contribution in [0.2, 0.25) is 0 Å². The fourth-order valence-electron chi connectivity index (χ4n) is 1.83. The van der Waals surface area contributed by atoms with Gasteiger partial charge in [0.05, 0.1) is 0 Å². The van der Waals surface area contributed by atoms with Crippen LogP contribution in [-0.4, -0.2) is 4.40 Å². The van der Waals surface area contributed by atoms with Crippen molar-refractivity contribution in [1.29, 1.82) is 0 Å². The molecular weight excluding hydrogens is 170 g/mol. The van der Waals surface area contributed by atoms with Crippen molar-refractivity contribution in [3.05, 3.63) is 41.7 Å². The molecule has 0 spiro atoms. The molecule has 0 saturated heterocycles. The van der Waals surface area contributed by atoms with Crippen molar-refractivity contribution in [3.63, 3.8) is 0 Å². The van der Waals surface area contributed by atoms with Crippen molar-refractivity contribution in [2.45, 2.75) is 33.1 Å². The second kappa shape index (κ2) is 2.88. The van der Waals surface area contributed by atoms with E-state index in [0.29, 0.717) is 0 Å². The van der Waals surface area contributed by atoms with Crippen LogP contribution in [0, 0.1) is 6.92 Å². The summed E-state index contributed by atoms with van der Waals surface area (Å²) >= 11 is 0. The largest absolute Gasteiger partial charge is 0.320 e. The molecule has 0 radical (unpaired) electrons. The Balaban J connectivity index is 2.70. The Morgan fingerprint density at radius 1 is 1.07 bits per heavy atom. The number of hydrogen-bond donors (Lipinski definition) is 0. The van der Waals surface area contributed by atoms with Crippen LogP contribution in [0.5, 0.6) is 0 Å². The highest BCUT2D eigenvalue weighted by Gasteiger charge is 2.16. The average Bonchev–Trinajstić information content (AvgIpc) is 2.45. The predicted molar refractivity (Wildman–Crippen MR) is 60.8 cm³/mol. The van der Waals surface area contributed by atoms with Gasteiger partial charge in [-0.2, -0.15) is 0 Å². The molecule has 0 saturated carbocycles. The molecule has 74 valence electrons. The molecule has 0 atom stereocenters. The van der Waals surface area contributed by atoms with Gasteiger partial charge in [-0.25, -0.2) is 0 Å². The van der Waals surface area contributed by atoms with Crippen LogP contribution in [0.4, 0.5) is 0 Å². The summed E-state index contributed by atoms with van der Waals surface area (Å²) < 4.78 is 2.27. The summed E-state index contributed by atoms with van der Waals surface area (Å²) in [6, 6.07) is 8.78. The fourth-order valence-corrected chi connectivity index (χ4v) is 1.83. The lowest BCUT2D eigenvalue weighted by Crippen LogP contribution is -2.13. The van der Waals surface area contributed by atoms with Crippen molar-refractivity contribution < 1.29 is 0 Å². The van der Waals surface area contributed by atoms with E-state index in [0.717, 1.165) is 0 Å². The Morgan fingerprint density at radius 2 is 1.79 bits per heavy atom. The first-order chi connectivity index (χ1) is 6.48. The highest BCUT2D eigenvalue weighted by atomic mass is 14.9. The zero-order valence-corrected chi connectivity index (χ0v) is 9.33. The van der Waals surface area contributed by atoms with Crippen molar-refractivity contribution >= 4 is 5.52 Å². The van der Waals surface area contributed by atoms with E-state index in [2.05, 4.69) is 62.6 Å². The molecule has 0 bridgehead atoms. The molecule has 0 N–H and O–H groups in total. The summed E-state index contributed by atoms with van der Waals surface area (Å²) in [4.78, 5) is 0. The summed E-state index contributed by atoms with van der Waals surface area (Å²) in [6.07, 6.45) is 2.16. The summed E-state index contributed by atoms with van der Waals surface area (Å²) in [6.45, 7) is 8.86. The molecule has 2 aromatic heterocycles.